The first-order valence-corrected chi connectivity index (χ1v) is 2.93. The summed E-state index contributed by atoms with van der Waals surface area (Å²) in [6.45, 7) is 0. The number of carboxylic acids is 1. The van der Waals surface area contributed by atoms with E-state index in [2.05, 4.69) is 0 Å². The molecule has 0 bridgehead atoms. The van der Waals surface area contributed by atoms with Gasteiger partial charge in [0.15, 0.2) is 0 Å². The van der Waals surface area contributed by atoms with Crippen molar-refractivity contribution < 1.29 is 14.7 Å². The number of halogens is 1. The van der Waals surface area contributed by atoms with Crippen molar-refractivity contribution in [2.24, 2.45) is 11.8 Å². The van der Waals surface area contributed by atoms with Gasteiger partial charge in [-0.25, -0.2) is 0 Å². The molecule has 0 aromatic carbocycles. The number of carboxylic acid groups (broad SMARTS) is 1. The SMILES string of the molecule is O=C(O)[C@H]1C[C@@H]1C(=O)Cl. The average Bonchev–Trinajstić information content (AvgIpc) is 2.39. The summed E-state index contributed by atoms with van der Waals surface area (Å²) in [5.41, 5.74) is 0. The van der Waals surface area contributed by atoms with Crippen molar-refractivity contribution in [2.45, 2.75) is 6.42 Å². The highest BCUT2D eigenvalue weighted by Gasteiger charge is 2.47. The van der Waals surface area contributed by atoms with Crippen LogP contribution in [0, 0.1) is 11.8 Å². The lowest BCUT2D eigenvalue weighted by Gasteiger charge is -1.83. The summed E-state index contributed by atoms with van der Waals surface area (Å²) in [6, 6.07) is 0. The van der Waals surface area contributed by atoms with E-state index in [1.54, 1.807) is 0 Å². The van der Waals surface area contributed by atoms with Crippen LogP contribution in [0.5, 0.6) is 0 Å². The zero-order valence-corrected chi connectivity index (χ0v) is 5.26. The van der Waals surface area contributed by atoms with Crippen LogP contribution in [0.25, 0.3) is 0 Å². The second-order valence-corrected chi connectivity index (χ2v) is 2.46. The van der Waals surface area contributed by atoms with E-state index in [1.807, 2.05) is 0 Å². The van der Waals surface area contributed by atoms with E-state index >= 15 is 0 Å². The lowest BCUT2D eigenvalue weighted by atomic mass is 10.3. The van der Waals surface area contributed by atoms with Crippen LogP contribution >= 0.6 is 11.6 Å². The number of rotatable bonds is 2. The van der Waals surface area contributed by atoms with Gasteiger partial charge in [-0.05, 0) is 18.0 Å². The van der Waals surface area contributed by atoms with Gasteiger partial charge in [-0.3, -0.25) is 9.59 Å². The van der Waals surface area contributed by atoms with Gasteiger partial charge >= 0.3 is 5.97 Å². The first-order chi connectivity index (χ1) is 4.13. The van der Waals surface area contributed by atoms with Gasteiger partial charge in [0.1, 0.15) is 0 Å². The van der Waals surface area contributed by atoms with E-state index in [-0.39, 0.29) is 0 Å². The Morgan fingerprint density at radius 2 is 2.00 bits per heavy atom. The van der Waals surface area contributed by atoms with Crippen LogP contribution in [0.1, 0.15) is 6.42 Å². The Morgan fingerprint density at radius 3 is 2.11 bits per heavy atom. The van der Waals surface area contributed by atoms with Gasteiger partial charge in [0, 0.05) is 5.92 Å². The van der Waals surface area contributed by atoms with Crippen LogP contribution in [-0.4, -0.2) is 16.3 Å². The van der Waals surface area contributed by atoms with Gasteiger partial charge < -0.3 is 5.11 Å². The molecule has 0 amide bonds. The fourth-order valence-electron chi connectivity index (χ4n) is 0.719. The molecule has 1 aliphatic carbocycles. The minimum Gasteiger partial charge on any atom is -0.481 e. The number of carbonyl (C=O) groups is 2. The molecule has 0 aliphatic heterocycles. The van der Waals surface area contributed by atoms with Crippen molar-refractivity contribution >= 4 is 22.8 Å². The highest BCUT2D eigenvalue weighted by Crippen LogP contribution is 2.40. The van der Waals surface area contributed by atoms with Crippen LogP contribution in [0.2, 0.25) is 0 Å². The third-order valence-corrected chi connectivity index (χ3v) is 1.68. The molecule has 1 saturated carbocycles. The molecule has 3 nitrogen and oxygen atoms in total. The Labute approximate surface area is 56.6 Å². The fourth-order valence-corrected chi connectivity index (χ4v) is 0.960. The molecule has 1 N–H and O–H groups in total. The highest BCUT2D eigenvalue weighted by molar-refractivity contribution is 6.64. The zero-order chi connectivity index (χ0) is 7.02. The molecule has 9 heavy (non-hydrogen) atoms. The molecule has 0 aromatic rings. The van der Waals surface area contributed by atoms with E-state index in [1.165, 1.54) is 0 Å². The van der Waals surface area contributed by atoms with Gasteiger partial charge in [0.05, 0.1) is 5.92 Å². The van der Waals surface area contributed by atoms with Gasteiger partial charge in [-0.1, -0.05) is 0 Å². The lowest BCUT2D eigenvalue weighted by Crippen LogP contribution is -2.02. The van der Waals surface area contributed by atoms with E-state index in [0.717, 1.165) is 0 Å². The smallest absolute Gasteiger partial charge is 0.307 e. The minimum absolute atomic E-state index is 0.413. The predicted molar refractivity (Wildman–Crippen MR) is 30.1 cm³/mol. The maximum absolute atomic E-state index is 10.2. The van der Waals surface area contributed by atoms with Crippen LogP contribution < -0.4 is 0 Å². The highest BCUT2D eigenvalue weighted by atomic mass is 35.5. The van der Waals surface area contributed by atoms with Crippen molar-refractivity contribution in [3.63, 3.8) is 0 Å². The third kappa shape index (κ3) is 1.21. The van der Waals surface area contributed by atoms with Crippen LogP contribution in [0.3, 0.4) is 0 Å². The number of hydrogen-bond acceptors (Lipinski definition) is 2. The van der Waals surface area contributed by atoms with Crippen molar-refractivity contribution in [3.05, 3.63) is 0 Å². The Kier molecular flexibility index (Phi) is 1.45. The normalized spacial score (nSPS) is 31.7. The molecule has 0 saturated heterocycles. The maximum atomic E-state index is 10.2. The second-order valence-electron chi connectivity index (χ2n) is 2.09. The number of aliphatic carboxylic acids is 1. The number of hydrogen-bond donors (Lipinski definition) is 1. The average molecular weight is 149 g/mol. The van der Waals surface area contributed by atoms with Gasteiger partial charge in [0.25, 0.3) is 0 Å². The first-order valence-electron chi connectivity index (χ1n) is 2.55. The summed E-state index contributed by atoms with van der Waals surface area (Å²) in [4.78, 5) is 20.3. The monoisotopic (exact) mass is 148 g/mol. The van der Waals surface area contributed by atoms with E-state index in [4.69, 9.17) is 16.7 Å². The standard InChI is InChI=1S/C5H5ClO3/c6-4(7)2-1-3(2)5(8)9/h2-3H,1H2,(H,8,9)/t2-,3-/m0/s1. The summed E-state index contributed by atoms with van der Waals surface area (Å²) in [7, 11) is 0. The van der Waals surface area contributed by atoms with Crippen molar-refractivity contribution in [1.82, 2.24) is 0 Å². The van der Waals surface area contributed by atoms with Crippen molar-refractivity contribution in [3.8, 4) is 0 Å². The summed E-state index contributed by atoms with van der Waals surface area (Å²) in [5, 5.41) is 7.74. The Hall–Kier alpha value is -0.570. The molecule has 0 unspecified atom stereocenters. The zero-order valence-electron chi connectivity index (χ0n) is 4.50. The molecule has 1 fully saturated rings. The predicted octanol–water partition coefficient (Wildman–Crippen LogP) is 0.473. The molecule has 4 heteroatoms. The quantitative estimate of drug-likeness (QED) is 0.580. The van der Waals surface area contributed by atoms with Gasteiger partial charge in [-0.15, -0.1) is 0 Å². The Bertz CT molecular complexity index is 148. The summed E-state index contributed by atoms with van der Waals surface area (Å²) >= 11 is 5.01. The van der Waals surface area contributed by atoms with Gasteiger partial charge in [0.2, 0.25) is 5.24 Å². The van der Waals surface area contributed by atoms with E-state index < -0.39 is 23.0 Å². The molecule has 2 atom stereocenters. The molecule has 50 valence electrons. The van der Waals surface area contributed by atoms with Crippen molar-refractivity contribution in [1.29, 1.82) is 0 Å². The second kappa shape index (κ2) is 1.99. The largest absolute Gasteiger partial charge is 0.481 e. The lowest BCUT2D eigenvalue weighted by molar-refractivity contribution is -0.139. The van der Waals surface area contributed by atoms with E-state index in [9.17, 15) is 9.59 Å². The molecular weight excluding hydrogens is 144 g/mol. The molecule has 0 spiro atoms. The summed E-state index contributed by atoms with van der Waals surface area (Å²) in [5.74, 6) is -1.84. The molecular formula is C5H5ClO3. The molecule has 0 heterocycles. The van der Waals surface area contributed by atoms with Crippen LogP contribution in [-0.2, 0) is 9.59 Å². The number of carbonyl (C=O) groups excluding carboxylic acids is 1. The molecule has 1 aliphatic rings. The topological polar surface area (TPSA) is 54.4 Å². The van der Waals surface area contributed by atoms with E-state index in [0.29, 0.717) is 6.42 Å². The fraction of sp³-hybridized carbons (Fsp3) is 0.600. The molecule has 0 radical (unpaired) electrons. The van der Waals surface area contributed by atoms with Crippen molar-refractivity contribution in [2.75, 3.05) is 0 Å². The third-order valence-electron chi connectivity index (χ3n) is 1.40. The van der Waals surface area contributed by atoms with Crippen LogP contribution in [0.4, 0.5) is 0 Å². The Balaban J connectivity index is 2.42. The first kappa shape index (κ1) is 6.55. The summed E-state index contributed by atoms with van der Waals surface area (Å²) in [6.07, 6.45) is 0.414. The molecule has 0 aromatic heterocycles. The minimum atomic E-state index is -0.922. The maximum Gasteiger partial charge on any atom is 0.307 e. The summed E-state index contributed by atoms with van der Waals surface area (Å²) < 4.78 is 0. The van der Waals surface area contributed by atoms with Gasteiger partial charge in [-0.2, -0.15) is 0 Å². The van der Waals surface area contributed by atoms with Crippen LogP contribution in [0.15, 0.2) is 0 Å². The molecule has 1 rings (SSSR count). The Morgan fingerprint density at radius 1 is 1.44 bits per heavy atom.